The molecule has 0 spiro atoms. The molecule has 0 aliphatic rings. The highest BCUT2D eigenvalue weighted by atomic mass is 16.3. The number of hydrazone groups is 1. The van der Waals surface area contributed by atoms with E-state index in [1.54, 1.807) is 13.8 Å². The van der Waals surface area contributed by atoms with E-state index in [2.05, 4.69) is 46.3 Å². The normalized spacial score (nSPS) is 12.3. The molecule has 0 unspecified atom stereocenters. The van der Waals surface area contributed by atoms with E-state index < -0.39 is 5.60 Å². The highest BCUT2D eigenvalue weighted by Crippen LogP contribution is 2.27. The number of amidine groups is 1. The van der Waals surface area contributed by atoms with Crippen LogP contribution in [-0.2, 0) is 18.6 Å². The van der Waals surface area contributed by atoms with E-state index in [1.165, 1.54) is 0 Å². The van der Waals surface area contributed by atoms with Crippen molar-refractivity contribution in [1.29, 1.82) is 0 Å². The van der Waals surface area contributed by atoms with Gasteiger partial charge < -0.3 is 20.9 Å². The molecule has 7 heteroatoms. The van der Waals surface area contributed by atoms with Crippen molar-refractivity contribution in [3.63, 3.8) is 0 Å². The molecule has 0 saturated carbocycles. The van der Waals surface area contributed by atoms with E-state index in [9.17, 15) is 5.11 Å². The number of nitrogens with one attached hydrogen (secondary N) is 1. The number of benzene rings is 2. The maximum absolute atomic E-state index is 10.5. The van der Waals surface area contributed by atoms with Crippen molar-refractivity contribution in [1.82, 2.24) is 15.0 Å². The first kappa shape index (κ1) is 22.5. The van der Waals surface area contributed by atoms with Gasteiger partial charge in [0.25, 0.3) is 0 Å². The van der Waals surface area contributed by atoms with Gasteiger partial charge in [0.1, 0.15) is 11.4 Å². The van der Waals surface area contributed by atoms with Crippen LogP contribution in [0.4, 0.5) is 0 Å². The topological polar surface area (TPSA) is 114 Å². The van der Waals surface area contributed by atoms with Gasteiger partial charge >= 0.3 is 0 Å². The monoisotopic (exact) mass is 420 g/mol. The molecule has 3 aromatic rings. The minimum Gasteiger partial charge on any atom is -0.384 e. The van der Waals surface area contributed by atoms with Crippen LogP contribution in [0.15, 0.2) is 53.6 Å². The van der Waals surface area contributed by atoms with Gasteiger partial charge in [-0.15, -0.1) is 0 Å². The predicted molar refractivity (Wildman–Crippen MR) is 125 cm³/mol. The number of nitrogens with two attached hydrogens (primary N) is 2. The number of nitrogens with zero attached hydrogens (tertiary/aromatic N) is 3. The molecule has 0 fully saturated rings. The van der Waals surface area contributed by atoms with E-state index in [1.807, 2.05) is 31.2 Å². The lowest BCUT2D eigenvalue weighted by Gasteiger charge is -2.16. The second-order valence-electron chi connectivity index (χ2n) is 8.22. The molecule has 6 N–H and O–H groups in total. The summed E-state index contributed by atoms with van der Waals surface area (Å²) in [6, 6.07) is 16.2. The van der Waals surface area contributed by atoms with Crippen LogP contribution in [-0.4, -0.2) is 20.5 Å². The first-order valence-corrected chi connectivity index (χ1v) is 10.5. The maximum atomic E-state index is 10.5. The number of hydrogen-bond donors (Lipinski definition) is 4. The van der Waals surface area contributed by atoms with Crippen molar-refractivity contribution in [2.24, 2.45) is 16.8 Å². The Morgan fingerprint density at radius 3 is 2.42 bits per heavy atom. The van der Waals surface area contributed by atoms with Crippen LogP contribution < -0.4 is 17.1 Å². The molecule has 1 heterocycles. The lowest BCUT2D eigenvalue weighted by atomic mass is 9.98. The Morgan fingerprint density at radius 2 is 1.84 bits per heavy atom. The SMILES string of the molecule is CCCc1nc(C(C)(C)O)c(C)n1Cc1ccc(-c2ccccc2C(=NN)NN)cc1. The average Bonchev–Trinajstić information content (AvgIpc) is 3.06. The summed E-state index contributed by atoms with van der Waals surface area (Å²) < 4.78 is 2.21. The second-order valence-corrected chi connectivity index (χ2v) is 8.22. The van der Waals surface area contributed by atoms with Gasteiger partial charge in [-0.05, 0) is 43.9 Å². The Bertz CT molecular complexity index is 1060. The molecule has 1 aromatic heterocycles. The number of aryl methyl sites for hydroxylation is 1. The third kappa shape index (κ3) is 4.78. The quantitative estimate of drug-likeness (QED) is 0.203. The van der Waals surface area contributed by atoms with Crippen molar-refractivity contribution in [3.8, 4) is 11.1 Å². The lowest BCUT2D eigenvalue weighted by molar-refractivity contribution is 0.0733. The van der Waals surface area contributed by atoms with Gasteiger partial charge in [0.05, 0.1) is 5.69 Å². The Morgan fingerprint density at radius 1 is 1.16 bits per heavy atom. The molecule has 3 rings (SSSR count). The Hall–Kier alpha value is -3.16. The number of hydrazine groups is 1. The van der Waals surface area contributed by atoms with E-state index in [0.29, 0.717) is 12.4 Å². The lowest BCUT2D eigenvalue weighted by Crippen LogP contribution is -2.32. The smallest absolute Gasteiger partial charge is 0.167 e. The first-order chi connectivity index (χ1) is 14.8. The average molecular weight is 421 g/mol. The molecule has 0 bridgehead atoms. The summed E-state index contributed by atoms with van der Waals surface area (Å²) in [4.78, 5) is 4.75. The first-order valence-electron chi connectivity index (χ1n) is 10.5. The molecule has 2 aromatic carbocycles. The standard InChI is InChI=1S/C24H32N6O/c1-5-8-21-27-22(24(3,4)31)16(2)30(21)15-17-11-13-18(14-12-17)19-9-6-7-10-20(19)23(28-25)29-26/h6-7,9-14,31H,5,8,15,25-26H2,1-4H3,(H,28,29). The van der Waals surface area contributed by atoms with Crippen molar-refractivity contribution < 1.29 is 5.11 Å². The van der Waals surface area contributed by atoms with Crippen LogP contribution in [0.1, 0.15) is 55.5 Å². The third-order valence-corrected chi connectivity index (χ3v) is 5.41. The number of aromatic nitrogens is 2. The number of imidazole rings is 1. The summed E-state index contributed by atoms with van der Waals surface area (Å²) >= 11 is 0. The molecule has 0 aliphatic carbocycles. The third-order valence-electron chi connectivity index (χ3n) is 5.41. The summed E-state index contributed by atoms with van der Waals surface area (Å²) in [5, 5.41) is 14.3. The van der Waals surface area contributed by atoms with Gasteiger partial charge in [-0.2, -0.15) is 5.10 Å². The molecular formula is C24H32N6O. The minimum absolute atomic E-state index is 0.428. The van der Waals surface area contributed by atoms with Crippen molar-refractivity contribution in [2.45, 2.75) is 52.7 Å². The zero-order valence-electron chi connectivity index (χ0n) is 18.7. The van der Waals surface area contributed by atoms with Crippen LogP contribution in [0.3, 0.4) is 0 Å². The van der Waals surface area contributed by atoms with Crippen LogP contribution in [0.2, 0.25) is 0 Å². The van der Waals surface area contributed by atoms with Crippen LogP contribution >= 0.6 is 0 Å². The zero-order valence-corrected chi connectivity index (χ0v) is 18.7. The maximum Gasteiger partial charge on any atom is 0.167 e. The summed E-state index contributed by atoms with van der Waals surface area (Å²) in [6.07, 6.45) is 1.87. The zero-order chi connectivity index (χ0) is 22.6. The summed E-state index contributed by atoms with van der Waals surface area (Å²) in [6.45, 7) is 8.43. The summed E-state index contributed by atoms with van der Waals surface area (Å²) in [7, 11) is 0. The van der Waals surface area contributed by atoms with Gasteiger partial charge in [-0.1, -0.05) is 55.5 Å². The molecule has 164 valence electrons. The van der Waals surface area contributed by atoms with E-state index in [-0.39, 0.29) is 0 Å². The van der Waals surface area contributed by atoms with Gasteiger partial charge in [0.2, 0.25) is 0 Å². The molecular weight excluding hydrogens is 388 g/mol. The Balaban J connectivity index is 1.94. The predicted octanol–water partition coefficient (Wildman–Crippen LogP) is 3.17. The number of hydrogen-bond acceptors (Lipinski definition) is 5. The fraction of sp³-hybridized carbons (Fsp3) is 0.333. The molecule has 31 heavy (non-hydrogen) atoms. The molecule has 0 amide bonds. The summed E-state index contributed by atoms with van der Waals surface area (Å²) in [5.41, 5.74) is 7.37. The van der Waals surface area contributed by atoms with Crippen molar-refractivity contribution in [2.75, 3.05) is 0 Å². The fourth-order valence-electron chi connectivity index (χ4n) is 3.89. The van der Waals surface area contributed by atoms with Gasteiger partial charge in [0.15, 0.2) is 5.84 Å². The number of aliphatic hydroxyl groups is 1. The molecule has 0 radical (unpaired) electrons. The highest BCUT2D eigenvalue weighted by molar-refractivity contribution is 6.04. The van der Waals surface area contributed by atoms with Crippen molar-refractivity contribution >= 4 is 5.84 Å². The molecule has 0 saturated heterocycles. The molecule has 0 aliphatic heterocycles. The second kappa shape index (κ2) is 9.32. The van der Waals surface area contributed by atoms with E-state index in [0.717, 1.165) is 52.3 Å². The largest absolute Gasteiger partial charge is 0.384 e. The van der Waals surface area contributed by atoms with Gasteiger partial charge in [0, 0.05) is 24.2 Å². The van der Waals surface area contributed by atoms with Gasteiger partial charge in [-0.25, -0.2) is 10.8 Å². The fourth-order valence-corrected chi connectivity index (χ4v) is 3.89. The number of rotatable bonds is 7. The van der Waals surface area contributed by atoms with E-state index in [4.69, 9.17) is 16.7 Å². The van der Waals surface area contributed by atoms with Crippen molar-refractivity contribution in [3.05, 3.63) is 76.9 Å². The van der Waals surface area contributed by atoms with Gasteiger partial charge in [-0.3, -0.25) is 0 Å². The summed E-state index contributed by atoms with van der Waals surface area (Å²) in [5.74, 6) is 12.5. The van der Waals surface area contributed by atoms with Crippen LogP contribution in [0.25, 0.3) is 11.1 Å². The Labute approximate surface area is 183 Å². The Kier molecular flexibility index (Phi) is 6.77. The van der Waals surface area contributed by atoms with Crippen LogP contribution in [0.5, 0.6) is 0 Å². The molecule has 0 atom stereocenters. The molecule has 7 nitrogen and oxygen atoms in total. The van der Waals surface area contributed by atoms with E-state index >= 15 is 0 Å². The van der Waals surface area contributed by atoms with Crippen LogP contribution in [0, 0.1) is 6.92 Å². The highest BCUT2D eigenvalue weighted by Gasteiger charge is 2.25. The minimum atomic E-state index is -0.968.